The number of nitrogens with one attached hydrogen (secondary N) is 1. The molecule has 0 saturated heterocycles. The van der Waals surface area contributed by atoms with Crippen LogP contribution in [0.1, 0.15) is 23.0 Å². The number of hydrogen-bond donors (Lipinski definition) is 2. The van der Waals surface area contributed by atoms with E-state index in [0.717, 1.165) is 0 Å². The molecule has 0 unspecified atom stereocenters. The number of nitrogens with zero attached hydrogens (tertiary/aromatic N) is 1. The van der Waals surface area contributed by atoms with Gasteiger partial charge < -0.3 is 9.84 Å². The van der Waals surface area contributed by atoms with E-state index in [1.54, 1.807) is 6.92 Å². The molecule has 0 atom stereocenters. The number of aryl methyl sites for hydroxylation is 1. The summed E-state index contributed by atoms with van der Waals surface area (Å²) in [7, 11) is -4.02. The topological polar surface area (TPSA) is 123 Å². The zero-order valence-electron chi connectivity index (χ0n) is 10.2. The smallest absolute Gasteiger partial charge is 0.340 e. The number of esters is 1. The van der Waals surface area contributed by atoms with Gasteiger partial charge in [0.1, 0.15) is 10.6 Å². The Kier molecular flexibility index (Phi) is 4.84. The van der Waals surface area contributed by atoms with E-state index in [-0.39, 0.29) is 22.9 Å². The second-order valence-corrected chi connectivity index (χ2v) is 5.94. The third kappa shape index (κ3) is 4.17. The van der Waals surface area contributed by atoms with Crippen molar-refractivity contribution in [3.63, 3.8) is 0 Å². The average molecular weight is 308 g/mol. The van der Waals surface area contributed by atoms with E-state index in [9.17, 15) is 18.0 Å². The SMILES string of the molecule is CCOC(=O)CS(=O)(=O)Nc1snc(C)c1C(=O)O. The Bertz CT molecular complexity index is 592. The standard InChI is InChI=1S/C9H12N2O6S2/c1-3-17-6(12)4-19(15,16)11-8-7(9(13)14)5(2)10-18-8/h11H,3-4H2,1-2H3,(H,13,14). The minimum Gasteiger partial charge on any atom is -0.478 e. The van der Waals surface area contributed by atoms with E-state index in [1.165, 1.54) is 6.92 Å². The molecule has 0 aliphatic rings. The fourth-order valence-electron chi connectivity index (χ4n) is 1.23. The van der Waals surface area contributed by atoms with E-state index >= 15 is 0 Å². The maximum Gasteiger partial charge on any atom is 0.340 e. The summed E-state index contributed by atoms with van der Waals surface area (Å²) in [4.78, 5) is 22.1. The third-order valence-corrected chi connectivity index (χ3v) is 4.05. The largest absolute Gasteiger partial charge is 0.478 e. The lowest BCUT2D eigenvalue weighted by Gasteiger charge is -2.06. The van der Waals surface area contributed by atoms with Crippen LogP contribution < -0.4 is 4.72 Å². The second-order valence-electron chi connectivity index (χ2n) is 3.44. The summed E-state index contributed by atoms with van der Waals surface area (Å²) in [6.45, 7) is 3.06. The summed E-state index contributed by atoms with van der Waals surface area (Å²) in [6.07, 6.45) is 0. The summed E-state index contributed by atoms with van der Waals surface area (Å²) in [5.74, 6) is -3.08. The highest BCUT2D eigenvalue weighted by molar-refractivity contribution is 7.93. The molecule has 0 fully saturated rings. The van der Waals surface area contributed by atoms with Crippen LogP contribution in [0.3, 0.4) is 0 Å². The second kappa shape index (κ2) is 5.97. The first-order chi connectivity index (χ1) is 8.76. The van der Waals surface area contributed by atoms with Gasteiger partial charge in [0, 0.05) is 0 Å². The fourth-order valence-corrected chi connectivity index (χ4v) is 3.25. The van der Waals surface area contributed by atoms with Crippen molar-refractivity contribution in [1.29, 1.82) is 0 Å². The lowest BCUT2D eigenvalue weighted by Crippen LogP contribution is -2.24. The number of anilines is 1. The summed E-state index contributed by atoms with van der Waals surface area (Å²) >= 11 is 0.699. The van der Waals surface area contributed by atoms with Gasteiger partial charge in [-0.15, -0.1) is 0 Å². The van der Waals surface area contributed by atoms with Crippen LogP contribution >= 0.6 is 11.5 Å². The number of sulfonamides is 1. The molecule has 0 spiro atoms. The summed E-state index contributed by atoms with van der Waals surface area (Å²) in [5.41, 5.74) is -0.0243. The maximum absolute atomic E-state index is 11.6. The normalized spacial score (nSPS) is 11.1. The van der Waals surface area contributed by atoms with Crippen LogP contribution in [0, 0.1) is 6.92 Å². The Morgan fingerprint density at radius 2 is 2.11 bits per heavy atom. The highest BCUT2D eigenvalue weighted by Crippen LogP contribution is 2.25. The van der Waals surface area contributed by atoms with Crippen molar-refractivity contribution in [2.75, 3.05) is 17.1 Å². The van der Waals surface area contributed by atoms with Crippen molar-refractivity contribution < 1.29 is 27.9 Å². The molecule has 10 heteroatoms. The summed E-state index contributed by atoms with van der Waals surface area (Å²) in [5, 5.41) is 8.81. The predicted molar refractivity (Wildman–Crippen MR) is 67.9 cm³/mol. The van der Waals surface area contributed by atoms with Crippen molar-refractivity contribution in [1.82, 2.24) is 4.37 Å². The Morgan fingerprint density at radius 1 is 1.47 bits per heavy atom. The van der Waals surface area contributed by atoms with Crippen LogP contribution in [0.25, 0.3) is 0 Å². The molecule has 0 aliphatic heterocycles. The fraction of sp³-hybridized carbons (Fsp3) is 0.444. The summed E-state index contributed by atoms with van der Waals surface area (Å²) < 4.78 is 33.6. The van der Waals surface area contributed by atoms with Crippen molar-refractivity contribution in [3.8, 4) is 0 Å². The number of carboxylic acids is 1. The highest BCUT2D eigenvalue weighted by Gasteiger charge is 2.24. The van der Waals surface area contributed by atoms with Crippen molar-refractivity contribution in [2.45, 2.75) is 13.8 Å². The van der Waals surface area contributed by atoms with Crippen LogP contribution in [0.2, 0.25) is 0 Å². The van der Waals surface area contributed by atoms with Gasteiger partial charge in [-0.3, -0.25) is 9.52 Å². The first kappa shape index (κ1) is 15.4. The molecule has 0 bridgehead atoms. The number of aromatic nitrogens is 1. The molecule has 8 nitrogen and oxygen atoms in total. The van der Waals surface area contributed by atoms with Crippen LogP contribution in [0.15, 0.2) is 0 Å². The van der Waals surface area contributed by atoms with Crippen LogP contribution in [-0.4, -0.2) is 42.2 Å². The van der Waals surface area contributed by atoms with Crippen molar-refractivity contribution in [2.24, 2.45) is 0 Å². The molecule has 1 rings (SSSR count). The van der Waals surface area contributed by atoms with Crippen LogP contribution in [0.4, 0.5) is 5.00 Å². The van der Waals surface area contributed by atoms with Gasteiger partial charge in [0.2, 0.25) is 10.0 Å². The Labute approximate surface area is 113 Å². The molecule has 0 radical (unpaired) electrons. The molecule has 106 valence electrons. The highest BCUT2D eigenvalue weighted by atomic mass is 32.2. The first-order valence-electron chi connectivity index (χ1n) is 5.12. The van der Waals surface area contributed by atoms with Gasteiger partial charge >= 0.3 is 11.9 Å². The van der Waals surface area contributed by atoms with E-state index in [4.69, 9.17) is 5.11 Å². The van der Waals surface area contributed by atoms with E-state index in [1.807, 2.05) is 4.72 Å². The van der Waals surface area contributed by atoms with Gasteiger partial charge in [0.15, 0.2) is 5.75 Å². The number of rotatable bonds is 6. The van der Waals surface area contributed by atoms with Gasteiger partial charge in [-0.2, -0.15) is 4.37 Å². The molecule has 1 aromatic heterocycles. The number of carboxylic acid groups (broad SMARTS) is 1. The van der Waals surface area contributed by atoms with Gasteiger partial charge in [0.05, 0.1) is 12.3 Å². The Morgan fingerprint density at radius 3 is 2.63 bits per heavy atom. The number of hydrogen-bond acceptors (Lipinski definition) is 7. The van der Waals surface area contributed by atoms with Gasteiger partial charge in [-0.1, -0.05) is 0 Å². The minimum absolute atomic E-state index is 0.0639. The zero-order chi connectivity index (χ0) is 14.6. The maximum atomic E-state index is 11.6. The molecule has 1 heterocycles. The zero-order valence-corrected chi connectivity index (χ0v) is 11.8. The van der Waals surface area contributed by atoms with Crippen molar-refractivity contribution in [3.05, 3.63) is 11.3 Å². The van der Waals surface area contributed by atoms with Crippen molar-refractivity contribution >= 4 is 38.5 Å². The van der Waals surface area contributed by atoms with E-state index in [0.29, 0.717) is 11.5 Å². The first-order valence-corrected chi connectivity index (χ1v) is 7.55. The molecule has 19 heavy (non-hydrogen) atoms. The molecular weight excluding hydrogens is 296 g/mol. The van der Waals surface area contributed by atoms with Crippen LogP contribution in [0.5, 0.6) is 0 Å². The number of ether oxygens (including phenoxy) is 1. The molecule has 2 N–H and O–H groups in total. The van der Waals surface area contributed by atoms with Gasteiger partial charge in [0.25, 0.3) is 0 Å². The predicted octanol–water partition coefficient (Wildman–Crippen LogP) is 0.455. The molecule has 0 amide bonds. The lowest BCUT2D eigenvalue weighted by atomic mass is 10.2. The molecule has 0 aliphatic carbocycles. The Balaban J connectivity index is 2.90. The Hall–Kier alpha value is -1.68. The van der Waals surface area contributed by atoms with Gasteiger partial charge in [-0.25, -0.2) is 13.2 Å². The van der Waals surface area contributed by atoms with E-state index < -0.39 is 27.7 Å². The molecule has 1 aromatic rings. The van der Waals surface area contributed by atoms with Crippen LogP contribution in [-0.2, 0) is 19.6 Å². The summed E-state index contributed by atoms with van der Waals surface area (Å²) in [6, 6.07) is 0. The third-order valence-electron chi connectivity index (χ3n) is 1.94. The molecular formula is C9H12N2O6S2. The number of carbonyl (C=O) groups excluding carboxylic acids is 1. The monoisotopic (exact) mass is 308 g/mol. The van der Waals surface area contributed by atoms with E-state index in [2.05, 4.69) is 9.11 Å². The number of carbonyl (C=O) groups is 2. The number of aromatic carboxylic acids is 1. The molecule has 0 saturated carbocycles. The van der Waals surface area contributed by atoms with Gasteiger partial charge in [-0.05, 0) is 25.4 Å². The molecule has 0 aromatic carbocycles. The minimum atomic E-state index is -4.02. The lowest BCUT2D eigenvalue weighted by molar-refractivity contribution is -0.139. The quantitative estimate of drug-likeness (QED) is 0.731. The average Bonchev–Trinajstić information content (AvgIpc) is 2.57.